The second kappa shape index (κ2) is 17.3. The second-order valence-corrected chi connectivity index (χ2v) is 15.0. The van der Waals surface area contributed by atoms with Gasteiger partial charge in [0.2, 0.25) is 9.84 Å². The molecule has 0 unspecified atom stereocenters. The maximum atomic E-state index is 12.7. The first kappa shape index (κ1) is 37.3. The van der Waals surface area contributed by atoms with Crippen molar-refractivity contribution in [3.63, 3.8) is 0 Å². The van der Waals surface area contributed by atoms with Crippen LogP contribution < -0.4 is 4.74 Å². The summed E-state index contributed by atoms with van der Waals surface area (Å²) in [5, 5.41) is 6.47. The molecule has 2 fully saturated rings. The van der Waals surface area contributed by atoms with Crippen LogP contribution in [0, 0.1) is 23.2 Å². The van der Waals surface area contributed by atoms with Crippen LogP contribution in [0.15, 0.2) is 81.8 Å². The van der Waals surface area contributed by atoms with E-state index in [4.69, 9.17) is 25.8 Å². The fourth-order valence-corrected chi connectivity index (χ4v) is 7.77. The molecule has 1 saturated carbocycles. The van der Waals surface area contributed by atoms with E-state index in [2.05, 4.69) is 52.6 Å². The fraction of sp³-hybridized carbons (Fsp3) is 0.543. The van der Waals surface area contributed by atoms with Crippen molar-refractivity contribution >= 4 is 33.4 Å². The molecule has 0 bridgehead atoms. The first-order valence-corrected chi connectivity index (χ1v) is 18.3. The third kappa shape index (κ3) is 9.79. The quantitative estimate of drug-likeness (QED) is 0.0853. The van der Waals surface area contributed by atoms with E-state index in [9.17, 15) is 18.0 Å². The van der Waals surface area contributed by atoms with E-state index < -0.39 is 26.8 Å². The van der Waals surface area contributed by atoms with Crippen LogP contribution in [0.2, 0.25) is 0 Å². The van der Waals surface area contributed by atoms with Crippen molar-refractivity contribution in [2.45, 2.75) is 61.8 Å². The number of hydrogen-bond acceptors (Lipinski definition) is 11. The number of esters is 2. The highest BCUT2D eigenvalue weighted by molar-refractivity contribution is 7.91. The largest absolute Gasteiger partial charge is 0.470 e. The Kier molecular flexibility index (Phi) is 13.4. The molecule has 2 heterocycles. The van der Waals surface area contributed by atoms with Crippen LogP contribution in [0.25, 0.3) is 0 Å². The SMILES string of the molecule is C=C[C@]1(C)CC[C@@H](C(=C)CN2CCC(COC(=O)CCC(=O)OCCOc3nonc3S(=O)(=O)c3ccccc3)CC2)C[C@H]1C(=C)CCl. The van der Waals surface area contributed by atoms with Gasteiger partial charge in [-0.2, -0.15) is 0 Å². The van der Waals surface area contributed by atoms with Crippen LogP contribution in [0.1, 0.15) is 51.9 Å². The monoisotopic (exact) mass is 703 g/mol. The van der Waals surface area contributed by atoms with Crippen molar-refractivity contribution in [1.82, 2.24) is 15.2 Å². The summed E-state index contributed by atoms with van der Waals surface area (Å²) in [6.07, 6.45) is 6.79. The van der Waals surface area contributed by atoms with Crippen molar-refractivity contribution in [1.29, 1.82) is 0 Å². The van der Waals surface area contributed by atoms with Gasteiger partial charge in [-0.3, -0.25) is 14.5 Å². The number of rotatable bonds is 17. The Labute approximate surface area is 288 Å². The van der Waals surface area contributed by atoms with E-state index in [0.717, 1.165) is 57.3 Å². The predicted octanol–water partition coefficient (Wildman–Crippen LogP) is 5.82. The zero-order chi connectivity index (χ0) is 34.7. The summed E-state index contributed by atoms with van der Waals surface area (Å²) in [6.45, 7) is 17.7. The summed E-state index contributed by atoms with van der Waals surface area (Å²) in [6, 6.07) is 7.66. The van der Waals surface area contributed by atoms with Gasteiger partial charge in [-0.1, -0.05) is 55.5 Å². The number of carbonyl (C=O) groups excluding carboxylic acids is 2. The van der Waals surface area contributed by atoms with Gasteiger partial charge >= 0.3 is 11.9 Å². The molecular formula is C35H46ClN3O8S. The van der Waals surface area contributed by atoms with Crippen molar-refractivity contribution in [3.8, 4) is 5.88 Å². The minimum atomic E-state index is -4.00. The molecule has 0 spiro atoms. The number of hydrogen-bond donors (Lipinski definition) is 0. The first-order valence-electron chi connectivity index (χ1n) is 16.3. The molecule has 262 valence electrons. The van der Waals surface area contributed by atoms with Crippen LogP contribution in [-0.2, 0) is 28.9 Å². The molecule has 48 heavy (non-hydrogen) atoms. The summed E-state index contributed by atoms with van der Waals surface area (Å²) in [7, 11) is -4.00. The Morgan fingerprint density at radius 3 is 2.40 bits per heavy atom. The highest BCUT2D eigenvalue weighted by Crippen LogP contribution is 2.49. The molecule has 0 radical (unpaired) electrons. The van der Waals surface area contributed by atoms with Gasteiger partial charge in [-0.25, -0.2) is 13.0 Å². The van der Waals surface area contributed by atoms with Crippen LogP contribution in [0.5, 0.6) is 5.88 Å². The number of aromatic nitrogens is 2. The molecular weight excluding hydrogens is 658 g/mol. The van der Waals surface area contributed by atoms with Crippen LogP contribution in [0.3, 0.4) is 0 Å². The van der Waals surface area contributed by atoms with E-state index in [-0.39, 0.29) is 48.2 Å². The molecule has 0 amide bonds. The molecule has 2 aliphatic rings. The average molecular weight is 704 g/mol. The number of ether oxygens (including phenoxy) is 3. The third-order valence-corrected chi connectivity index (χ3v) is 11.5. The minimum absolute atomic E-state index is 0.00655. The lowest BCUT2D eigenvalue weighted by molar-refractivity contribution is -0.151. The van der Waals surface area contributed by atoms with Gasteiger partial charge < -0.3 is 14.2 Å². The molecule has 1 aliphatic carbocycles. The van der Waals surface area contributed by atoms with Crippen molar-refractivity contribution in [3.05, 3.63) is 67.3 Å². The van der Waals surface area contributed by atoms with E-state index in [1.807, 2.05) is 0 Å². The van der Waals surface area contributed by atoms with E-state index in [1.165, 1.54) is 17.7 Å². The number of sulfone groups is 1. The standard InChI is InChI=1S/C35H46ClN3O8S/c1-5-35(4)16-13-28(21-30(35)25(2)22-36)26(3)23-39-17-14-27(15-18-39)24-46-32(41)12-11-31(40)44-19-20-45-33-34(38-47-37-33)48(42,43)29-9-7-6-8-10-29/h5-10,27-28,30H,1-3,11-24H2,4H3/t28-,30+,35-/m1/s1. The number of allylic oxidation sites excluding steroid dienone is 2. The molecule has 1 aromatic carbocycles. The van der Waals surface area contributed by atoms with Crippen LogP contribution in [0.4, 0.5) is 0 Å². The minimum Gasteiger partial charge on any atom is -0.470 e. The van der Waals surface area contributed by atoms with Gasteiger partial charge in [-0.15, -0.1) is 18.2 Å². The van der Waals surface area contributed by atoms with E-state index >= 15 is 0 Å². The van der Waals surface area contributed by atoms with Gasteiger partial charge in [0.1, 0.15) is 13.2 Å². The fourth-order valence-electron chi connectivity index (χ4n) is 6.39. The molecule has 4 rings (SSSR count). The smallest absolute Gasteiger partial charge is 0.306 e. The molecule has 1 aromatic heterocycles. The van der Waals surface area contributed by atoms with E-state index in [1.54, 1.807) is 18.2 Å². The number of piperidine rings is 1. The number of likely N-dealkylation sites (tertiary alicyclic amines) is 1. The second-order valence-electron chi connectivity index (χ2n) is 12.8. The van der Waals surface area contributed by atoms with Gasteiger partial charge in [0, 0.05) is 12.4 Å². The van der Waals surface area contributed by atoms with Gasteiger partial charge in [0.15, 0.2) is 0 Å². The van der Waals surface area contributed by atoms with Crippen LogP contribution in [-0.4, -0.2) is 80.9 Å². The summed E-state index contributed by atoms with van der Waals surface area (Å²) in [4.78, 5) is 26.8. The Balaban J connectivity index is 1.08. The molecule has 11 nitrogen and oxygen atoms in total. The van der Waals surface area contributed by atoms with Gasteiger partial charge in [0.05, 0.1) is 24.3 Å². The average Bonchev–Trinajstić information content (AvgIpc) is 3.58. The number of nitrogens with zero attached hydrogens (tertiary/aromatic N) is 3. The van der Waals surface area contributed by atoms with E-state index in [0.29, 0.717) is 24.3 Å². The highest BCUT2D eigenvalue weighted by Gasteiger charge is 2.40. The molecule has 0 N–H and O–H groups in total. The van der Waals surface area contributed by atoms with Gasteiger partial charge in [-0.05, 0) is 90.8 Å². The molecule has 13 heteroatoms. The molecule has 2 aromatic rings. The zero-order valence-electron chi connectivity index (χ0n) is 27.6. The number of carbonyl (C=O) groups is 2. The Morgan fingerprint density at radius 1 is 1.04 bits per heavy atom. The lowest BCUT2D eigenvalue weighted by Crippen LogP contribution is -2.39. The lowest BCUT2D eigenvalue weighted by Gasteiger charge is -2.45. The predicted molar refractivity (Wildman–Crippen MR) is 180 cm³/mol. The number of benzene rings is 1. The van der Waals surface area contributed by atoms with Crippen LogP contribution >= 0.6 is 11.6 Å². The Morgan fingerprint density at radius 2 is 1.73 bits per heavy atom. The van der Waals surface area contributed by atoms with Gasteiger partial charge in [0.25, 0.3) is 10.9 Å². The maximum Gasteiger partial charge on any atom is 0.306 e. The third-order valence-electron chi connectivity index (χ3n) is 9.53. The topological polar surface area (TPSA) is 138 Å². The normalized spacial score (nSPS) is 22.0. The summed E-state index contributed by atoms with van der Waals surface area (Å²) >= 11 is 6.17. The molecule has 1 saturated heterocycles. The zero-order valence-corrected chi connectivity index (χ0v) is 29.2. The number of alkyl halides is 1. The molecule has 3 atom stereocenters. The molecule has 1 aliphatic heterocycles. The Bertz CT molecular complexity index is 1540. The first-order chi connectivity index (χ1) is 23.0. The van der Waals surface area contributed by atoms with Crippen molar-refractivity contribution in [2.75, 3.05) is 45.3 Å². The highest BCUT2D eigenvalue weighted by atomic mass is 35.5. The number of halogens is 1. The summed E-state index contributed by atoms with van der Waals surface area (Å²) in [5.41, 5.74) is 2.35. The van der Waals surface area contributed by atoms with Crippen molar-refractivity contribution in [2.24, 2.45) is 23.2 Å². The summed E-state index contributed by atoms with van der Waals surface area (Å²) < 4.78 is 45.9. The lowest BCUT2D eigenvalue weighted by atomic mass is 9.61. The van der Waals surface area contributed by atoms with Crippen molar-refractivity contribution < 1.29 is 36.8 Å². The summed E-state index contributed by atoms with van der Waals surface area (Å²) in [5.74, 6) is 0.0713. The Hall–Kier alpha value is -3.48. The maximum absolute atomic E-state index is 12.7.